The molecule has 2 rings (SSSR count). The van der Waals surface area contributed by atoms with Crippen molar-refractivity contribution in [2.75, 3.05) is 13.1 Å². The van der Waals surface area contributed by atoms with Gasteiger partial charge in [0, 0.05) is 5.92 Å². The Morgan fingerprint density at radius 1 is 1.36 bits per heavy atom. The minimum Gasteiger partial charge on any atom is -0.317 e. The highest BCUT2D eigenvalue weighted by Gasteiger charge is 2.32. The summed E-state index contributed by atoms with van der Waals surface area (Å²) in [5.41, 5.74) is -0.796. The Kier molecular flexibility index (Phi) is 5.03. The molecule has 1 aromatic rings. The predicted octanol–water partition coefficient (Wildman–Crippen LogP) is 2.80. The molecule has 0 spiro atoms. The Labute approximate surface area is 126 Å². The Morgan fingerprint density at radius 3 is 2.59 bits per heavy atom. The van der Waals surface area contributed by atoms with E-state index < -0.39 is 11.7 Å². The lowest BCUT2D eigenvalue weighted by Crippen LogP contribution is -2.27. The lowest BCUT2D eigenvalue weighted by atomic mass is 9.98. The van der Waals surface area contributed by atoms with Gasteiger partial charge in [0.1, 0.15) is 5.82 Å². The number of aromatic nitrogens is 3. The second-order valence-electron chi connectivity index (χ2n) is 5.01. The number of terminal acetylenes is 1. The molecule has 118 valence electrons. The van der Waals surface area contributed by atoms with Crippen LogP contribution in [0.15, 0.2) is 17.7 Å². The zero-order valence-corrected chi connectivity index (χ0v) is 12.2. The summed E-state index contributed by atoms with van der Waals surface area (Å²) < 4.78 is 38.4. The zero-order valence-electron chi connectivity index (χ0n) is 12.2. The summed E-state index contributed by atoms with van der Waals surface area (Å²) in [5, 5.41) is 10.0. The van der Waals surface area contributed by atoms with Crippen molar-refractivity contribution in [2.45, 2.75) is 31.9 Å². The zero-order chi connectivity index (χ0) is 16.2. The van der Waals surface area contributed by atoms with Crippen LogP contribution in [0.5, 0.6) is 0 Å². The van der Waals surface area contributed by atoms with E-state index in [9.17, 15) is 13.2 Å². The van der Waals surface area contributed by atoms with Gasteiger partial charge in [-0.15, -0.1) is 6.42 Å². The van der Waals surface area contributed by atoms with E-state index in [1.165, 1.54) is 6.92 Å². The Balaban J connectivity index is 2.25. The van der Waals surface area contributed by atoms with Crippen LogP contribution < -0.4 is 5.32 Å². The average Bonchev–Trinajstić information content (AvgIpc) is 2.97. The van der Waals surface area contributed by atoms with Gasteiger partial charge in [-0.3, -0.25) is 5.10 Å². The minimum atomic E-state index is -4.45. The number of allylic oxidation sites excluding steroid dienone is 4. The first-order valence-electron chi connectivity index (χ1n) is 7.01. The number of aromatic amines is 1. The van der Waals surface area contributed by atoms with Crippen LogP contribution in [0, 0.1) is 12.3 Å². The molecule has 0 unspecified atom stereocenters. The first-order valence-corrected chi connectivity index (χ1v) is 7.01. The van der Waals surface area contributed by atoms with Crippen LogP contribution >= 0.6 is 0 Å². The number of rotatable bonds is 3. The molecule has 0 amide bonds. The Bertz CT molecular complexity index is 613. The molecule has 1 aliphatic heterocycles. The molecule has 0 bridgehead atoms. The van der Waals surface area contributed by atoms with E-state index in [-0.39, 0.29) is 17.3 Å². The molecular formula is C15H17F3N4. The van der Waals surface area contributed by atoms with Crippen LogP contribution in [0.1, 0.15) is 37.3 Å². The number of hydrogen-bond donors (Lipinski definition) is 2. The summed E-state index contributed by atoms with van der Waals surface area (Å²) in [6.07, 6.45) is 4.56. The summed E-state index contributed by atoms with van der Waals surface area (Å²) in [5.74, 6) is 3.26. The van der Waals surface area contributed by atoms with Gasteiger partial charge < -0.3 is 5.32 Å². The average molecular weight is 310 g/mol. The standard InChI is InChI=1S/C15H17F3N4/c1-3-10(9-12(4-2)15(16,17)18)13-20-14(22-21-13)11-5-7-19-8-6-11/h1,4,9,11,19H,5-8H2,2H3,(H,20,21,22). The summed E-state index contributed by atoms with van der Waals surface area (Å²) in [6, 6.07) is 0. The van der Waals surface area contributed by atoms with Crippen LogP contribution in [-0.4, -0.2) is 34.4 Å². The largest absolute Gasteiger partial charge is 0.416 e. The Morgan fingerprint density at radius 2 is 2.05 bits per heavy atom. The van der Waals surface area contributed by atoms with Crippen molar-refractivity contribution in [1.82, 2.24) is 20.5 Å². The second kappa shape index (κ2) is 6.79. The third kappa shape index (κ3) is 3.77. The van der Waals surface area contributed by atoms with Crippen molar-refractivity contribution in [3.63, 3.8) is 0 Å². The van der Waals surface area contributed by atoms with Crippen LogP contribution in [0.4, 0.5) is 13.2 Å². The van der Waals surface area contributed by atoms with Gasteiger partial charge in [-0.05, 0) is 38.9 Å². The summed E-state index contributed by atoms with van der Waals surface area (Å²) >= 11 is 0. The molecule has 4 nitrogen and oxygen atoms in total. The van der Waals surface area contributed by atoms with Crippen LogP contribution in [0.2, 0.25) is 0 Å². The lowest BCUT2D eigenvalue weighted by Gasteiger charge is -2.19. The maximum absolute atomic E-state index is 12.8. The van der Waals surface area contributed by atoms with Crippen molar-refractivity contribution in [3.05, 3.63) is 29.4 Å². The highest BCUT2D eigenvalue weighted by molar-refractivity contribution is 5.76. The van der Waals surface area contributed by atoms with Crippen LogP contribution in [-0.2, 0) is 0 Å². The molecule has 22 heavy (non-hydrogen) atoms. The van der Waals surface area contributed by atoms with E-state index in [4.69, 9.17) is 6.42 Å². The number of nitrogens with zero attached hydrogens (tertiary/aromatic N) is 2. The fraction of sp³-hybridized carbons (Fsp3) is 0.467. The summed E-state index contributed by atoms with van der Waals surface area (Å²) in [6.45, 7) is 3.08. The van der Waals surface area contributed by atoms with Crippen molar-refractivity contribution >= 4 is 5.57 Å². The normalized spacial score (nSPS) is 18.3. The molecule has 0 aliphatic carbocycles. The fourth-order valence-corrected chi connectivity index (χ4v) is 2.33. The van der Waals surface area contributed by atoms with Gasteiger partial charge in [0.2, 0.25) is 0 Å². The van der Waals surface area contributed by atoms with E-state index in [1.54, 1.807) is 0 Å². The molecule has 1 aromatic heterocycles. The van der Waals surface area contributed by atoms with Crippen LogP contribution in [0.3, 0.4) is 0 Å². The van der Waals surface area contributed by atoms with Gasteiger partial charge in [0.25, 0.3) is 0 Å². The maximum atomic E-state index is 12.8. The van der Waals surface area contributed by atoms with E-state index in [0.29, 0.717) is 5.82 Å². The van der Waals surface area contributed by atoms with Crippen molar-refractivity contribution in [2.24, 2.45) is 0 Å². The molecular weight excluding hydrogens is 293 g/mol. The molecule has 2 heterocycles. The van der Waals surface area contributed by atoms with Crippen molar-refractivity contribution in [1.29, 1.82) is 0 Å². The second-order valence-corrected chi connectivity index (χ2v) is 5.01. The highest BCUT2D eigenvalue weighted by atomic mass is 19.4. The number of piperidine rings is 1. The third-order valence-corrected chi connectivity index (χ3v) is 3.56. The molecule has 0 radical (unpaired) electrons. The molecule has 7 heteroatoms. The van der Waals surface area contributed by atoms with E-state index >= 15 is 0 Å². The topological polar surface area (TPSA) is 53.6 Å². The van der Waals surface area contributed by atoms with Crippen LogP contribution in [0.25, 0.3) is 5.57 Å². The first-order chi connectivity index (χ1) is 10.5. The molecule has 1 aliphatic rings. The monoisotopic (exact) mass is 310 g/mol. The maximum Gasteiger partial charge on any atom is 0.416 e. The predicted molar refractivity (Wildman–Crippen MR) is 77.8 cm³/mol. The fourth-order valence-electron chi connectivity index (χ4n) is 2.33. The lowest BCUT2D eigenvalue weighted by molar-refractivity contribution is -0.0882. The quantitative estimate of drug-likeness (QED) is 0.667. The highest BCUT2D eigenvalue weighted by Crippen LogP contribution is 2.29. The number of hydrogen-bond acceptors (Lipinski definition) is 3. The third-order valence-electron chi connectivity index (χ3n) is 3.56. The smallest absolute Gasteiger partial charge is 0.317 e. The van der Waals surface area contributed by atoms with Gasteiger partial charge in [-0.1, -0.05) is 12.0 Å². The van der Waals surface area contributed by atoms with E-state index in [1.807, 2.05) is 0 Å². The summed E-state index contributed by atoms with van der Waals surface area (Å²) in [4.78, 5) is 4.27. The van der Waals surface area contributed by atoms with Crippen molar-refractivity contribution in [3.8, 4) is 12.3 Å². The molecule has 2 N–H and O–H groups in total. The first kappa shape index (κ1) is 16.3. The van der Waals surface area contributed by atoms with Gasteiger partial charge in [-0.25, -0.2) is 4.98 Å². The number of halogens is 3. The molecule has 0 saturated carbocycles. The van der Waals surface area contributed by atoms with E-state index in [0.717, 1.165) is 38.1 Å². The molecule has 0 aromatic carbocycles. The molecule has 1 fully saturated rings. The SMILES string of the molecule is C#CC(=CC(=CC)C(F)(F)F)c1n[nH]c(C2CCNCC2)n1. The van der Waals surface area contributed by atoms with Gasteiger partial charge in [-0.2, -0.15) is 18.3 Å². The number of alkyl halides is 3. The number of nitrogens with one attached hydrogen (secondary N) is 2. The summed E-state index contributed by atoms with van der Waals surface area (Å²) in [7, 11) is 0. The van der Waals surface area contributed by atoms with E-state index in [2.05, 4.69) is 26.4 Å². The minimum absolute atomic E-state index is 0.0156. The molecule has 1 saturated heterocycles. The number of H-pyrrole nitrogens is 1. The molecule has 0 atom stereocenters. The van der Waals surface area contributed by atoms with Crippen molar-refractivity contribution < 1.29 is 13.2 Å². The van der Waals surface area contributed by atoms with Gasteiger partial charge in [0.15, 0.2) is 5.82 Å². The van der Waals surface area contributed by atoms with Gasteiger partial charge >= 0.3 is 6.18 Å². The Hall–Kier alpha value is -2.07. The van der Waals surface area contributed by atoms with Gasteiger partial charge in [0.05, 0.1) is 11.1 Å².